The van der Waals surface area contributed by atoms with Gasteiger partial charge in [0.15, 0.2) is 0 Å². The molecular weight excluding hydrogens is 625 g/mol. The predicted molar refractivity (Wildman–Crippen MR) is 186 cm³/mol. The van der Waals surface area contributed by atoms with Crippen molar-refractivity contribution in [2.24, 2.45) is 0 Å². The van der Waals surface area contributed by atoms with Crippen LogP contribution < -0.4 is 10.2 Å². The van der Waals surface area contributed by atoms with Gasteiger partial charge in [-0.25, -0.2) is 0 Å². The number of halogens is 3. The Balaban J connectivity index is 1.02. The minimum Gasteiger partial charge on any atom is -0.369 e. The predicted octanol–water partition coefficient (Wildman–Crippen LogP) is 6.99. The molecule has 0 spiro atoms. The van der Waals surface area contributed by atoms with E-state index in [0.29, 0.717) is 19.4 Å². The minimum absolute atomic E-state index is 0.00454. The molecule has 0 aromatic heterocycles. The molecule has 4 aromatic carbocycles. The first kappa shape index (κ1) is 32.9. The van der Waals surface area contributed by atoms with E-state index in [1.165, 1.54) is 0 Å². The van der Waals surface area contributed by atoms with Crippen molar-refractivity contribution in [1.82, 2.24) is 15.1 Å². The first-order chi connectivity index (χ1) is 23.7. The Morgan fingerprint density at radius 1 is 0.816 bits per heavy atom. The van der Waals surface area contributed by atoms with Crippen LogP contribution in [-0.2, 0) is 16.6 Å². The average Bonchev–Trinajstić information content (AvgIpc) is 3.41. The molecule has 1 saturated heterocycles. The quantitative estimate of drug-likeness (QED) is 0.209. The molecule has 7 rings (SSSR count). The summed E-state index contributed by atoms with van der Waals surface area (Å²) >= 11 is 0. The van der Waals surface area contributed by atoms with Crippen molar-refractivity contribution in [3.63, 3.8) is 0 Å². The average molecular weight is 667 g/mol. The maximum absolute atomic E-state index is 13.8. The first-order valence-corrected chi connectivity index (χ1v) is 17.2. The van der Waals surface area contributed by atoms with Gasteiger partial charge in [0.2, 0.25) is 5.91 Å². The highest BCUT2D eigenvalue weighted by Crippen LogP contribution is 2.51. The Morgan fingerprint density at radius 3 is 2.10 bits per heavy atom. The number of hydrogen-bond acceptors (Lipinski definition) is 4. The molecule has 3 aliphatic rings. The summed E-state index contributed by atoms with van der Waals surface area (Å²) in [4.78, 5) is 34.1. The number of carbonyl (C=O) groups excluding carboxylic acids is 2. The third kappa shape index (κ3) is 6.32. The number of benzene rings is 4. The normalized spacial score (nSPS) is 17.7. The Bertz CT molecular complexity index is 1790. The number of nitrogens with one attached hydrogen (secondary N) is 1. The number of anilines is 1. The summed E-state index contributed by atoms with van der Waals surface area (Å²) in [5, 5.41) is 2.23. The Morgan fingerprint density at radius 2 is 1.45 bits per heavy atom. The molecule has 0 radical (unpaired) electrons. The zero-order chi connectivity index (χ0) is 34.2. The van der Waals surface area contributed by atoms with Gasteiger partial charge in [0.25, 0.3) is 5.91 Å². The summed E-state index contributed by atoms with van der Waals surface area (Å²) in [5.74, 6) is -0.535. The molecule has 0 saturated carbocycles. The molecule has 1 atom stereocenters. The lowest BCUT2D eigenvalue weighted by molar-refractivity contribution is -0.141. The van der Waals surface area contributed by atoms with Crippen LogP contribution in [0.1, 0.15) is 58.4 Å². The number of hydrogen-bond donors (Lipinski definition) is 1. The van der Waals surface area contributed by atoms with Crippen LogP contribution in [0.2, 0.25) is 0 Å². The van der Waals surface area contributed by atoms with Crippen molar-refractivity contribution < 1.29 is 22.8 Å². The van der Waals surface area contributed by atoms with Crippen LogP contribution in [0.4, 0.5) is 18.9 Å². The maximum atomic E-state index is 13.8. The van der Waals surface area contributed by atoms with Crippen LogP contribution in [0.25, 0.3) is 11.1 Å². The lowest BCUT2D eigenvalue weighted by atomic mass is 9.73. The summed E-state index contributed by atoms with van der Waals surface area (Å²) in [6.45, 7) is 5.34. The van der Waals surface area contributed by atoms with Crippen LogP contribution in [0.3, 0.4) is 0 Å². The highest BCUT2D eigenvalue weighted by Gasteiger charge is 2.49. The number of nitrogens with zero attached hydrogens (tertiary/aromatic N) is 3. The molecule has 9 heteroatoms. The van der Waals surface area contributed by atoms with E-state index >= 15 is 0 Å². The van der Waals surface area contributed by atoms with E-state index in [2.05, 4.69) is 52.4 Å². The SMILES string of the molecule is CC(c1ccccc1)N1CCc2ccc(N3CCN(CCCC4(C(=O)NCC(F)(F)F)c5ccccc5-c5ccccc54)CC3)cc2C1=O. The molecule has 2 amide bonds. The summed E-state index contributed by atoms with van der Waals surface area (Å²) in [5.41, 5.74) is 6.17. The molecule has 2 heterocycles. The van der Waals surface area contributed by atoms with Crippen molar-refractivity contribution in [1.29, 1.82) is 0 Å². The molecule has 1 aliphatic carbocycles. The molecule has 6 nitrogen and oxygen atoms in total. The molecule has 1 N–H and O–H groups in total. The summed E-state index contributed by atoms with van der Waals surface area (Å²) in [7, 11) is 0. The van der Waals surface area contributed by atoms with E-state index in [0.717, 1.165) is 83.8 Å². The monoisotopic (exact) mass is 666 g/mol. The van der Waals surface area contributed by atoms with E-state index in [1.54, 1.807) is 0 Å². The van der Waals surface area contributed by atoms with Crippen LogP contribution in [-0.4, -0.2) is 73.6 Å². The highest BCUT2D eigenvalue weighted by molar-refractivity contribution is 6.00. The Kier molecular flexibility index (Phi) is 8.96. The zero-order valence-electron chi connectivity index (χ0n) is 27.7. The van der Waals surface area contributed by atoms with Crippen LogP contribution >= 0.6 is 0 Å². The van der Waals surface area contributed by atoms with Crippen LogP contribution in [0.15, 0.2) is 97.1 Å². The largest absolute Gasteiger partial charge is 0.405 e. The second kappa shape index (κ2) is 13.3. The van der Waals surface area contributed by atoms with Gasteiger partial charge in [-0.05, 0) is 78.2 Å². The van der Waals surface area contributed by atoms with E-state index in [-0.39, 0.29) is 11.9 Å². The highest BCUT2D eigenvalue weighted by atomic mass is 19.4. The van der Waals surface area contributed by atoms with Gasteiger partial charge in [0.1, 0.15) is 12.0 Å². The minimum atomic E-state index is -4.50. The smallest absolute Gasteiger partial charge is 0.369 e. The molecule has 49 heavy (non-hydrogen) atoms. The van der Waals surface area contributed by atoms with E-state index < -0.39 is 24.0 Å². The van der Waals surface area contributed by atoms with E-state index in [9.17, 15) is 22.8 Å². The summed E-state index contributed by atoms with van der Waals surface area (Å²) in [6, 6.07) is 31.6. The number of rotatable bonds is 9. The van der Waals surface area contributed by atoms with Crippen molar-refractivity contribution in [2.75, 3.05) is 50.7 Å². The van der Waals surface area contributed by atoms with Gasteiger partial charge in [-0.3, -0.25) is 14.5 Å². The fourth-order valence-electron chi connectivity index (χ4n) is 8.04. The van der Waals surface area contributed by atoms with Crippen molar-refractivity contribution >= 4 is 17.5 Å². The van der Waals surface area contributed by atoms with E-state index in [1.807, 2.05) is 71.6 Å². The van der Waals surface area contributed by atoms with Crippen LogP contribution in [0, 0.1) is 0 Å². The molecule has 2 aliphatic heterocycles. The number of fused-ring (bicyclic) bond motifs is 4. The first-order valence-electron chi connectivity index (χ1n) is 17.2. The zero-order valence-corrected chi connectivity index (χ0v) is 27.7. The van der Waals surface area contributed by atoms with Gasteiger partial charge < -0.3 is 15.1 Å². The second-order valence-corrected chi connectivity index (χ2v) is 13.4. The number of alkyl halides is 3. The number of piperazine rings is 1. The molecule has 1 unspecified atom stereocenters. The lowest BCUT2D eigenvalue weighted by Crippen LogP contribution is -2.49. The maximum Gasteiger partial charge on any atom is 0.405 e. The molecule has 4 aromatic rings. The fourth-order valence-corrected chi connectivity index (χ4v) is 8.04. The molecule has 0 bridgehead atoms. The fraction of sp³-hybridized carbons (Fsp3) is 0.350. The third-order valence-electron chi connectivity index (χ3n) is 10.6. The Labute approximate surface area is 285 Å². The summed E-state index contributed by atoms with van der Waals surface area (Å²) < 4.78 is 39.7. The van der Waals surface area contributed by atoms with Crippen molar-refractivity contribution in [3.05, 3.63) is 125 Å². The van der Waals surface area contributed by atoms with E-state index in [4.69, 9.17) is 0 Å². The van der Waals surface area contributed by atoms with Crippen LogP contribution in [0.5, 0.6) is 0 Å². The van der Waals surface area contributed by atoms with Crippen molar-refractivity contribution in [3.8, 4) is 11.1 Å². The van der Waals surface area contributed by atoms with Gasteiger partial charge in [-0.15, -0.1) is 0 Å². The topological polar surface area (TPSA) is 55.9 Å². The lowest BCUT2D eigenvalue weighted by Gasteiger charge is -2.38. The molecule has 254 valence electrons. The Hall–Kier alpha value is -4.63. The van der Waals surface area contributed by atoms with Gasteiger partial charge in [-0.2, -0.15) is 13.2 Å². The second-order valence-electron chi connectivity index (χ2n) is 13.4. The van der Waals surface area contributed by atoms with Gasteiger partial charge in [0, 0.05) is 44.0 Å². The van der Waals surface area contributed by atoms with Gasteiger partial charge in [-0.1, -0.05) is 84.9 Å². The summed E-state index contributed by atoms with van der Waals surface area (Å²) in [6.07, 6.45) is -2.63. The van der Waals surface area contributed by atoms with Gasteiger partial charge >= 0.3 is 6.18 Å². The number of amides is 2. The third-order valence-corrected chi connectivity index (χ3v) is 10.6. The molecular formula is C40H41F3N4O2. The molecule has 1 fully saturated rings. The van der Waals surface area contributed by atoms with Gasteiger partial charge in [0.05, 0.1) is 6.04 Å². The standard InChI is InChI=1S/C40H41F3N4O2/c1-28(29-10-3-2-4-11-29)47-21-18-30-16-17-31(26-34(30)37(47)48)46-24-22-45(23-25-46)20-9-19-39(38(49)44-27-40(41,42)43)35-14-7-5-12-32(35)33-13-6-8-15-36(33)39/h2-8,10-17,26,28H,9,18-25,27H2,1H3,(H,44,49). The number of carbonyl (C=O) groups is 2. The van der Waals surface area contributed by atoms with Crippen molar-refractivity contribution in [2.45, 2.75) is 43.8 Å².